The lowest BCUT2D eigenvalue weighted by Crippen LogP contribution is -2.46. The Morgan fingerprint density at radius 2 is 2.28 bits per heavy atom. The van der Waals surface area contributed by atoms with Crippen LogP contribution in [0.4, 0.5) is 5.82 Å². The molecule has 0 saturated carbocycles. The maximum atomic E-state index is 12.0. The SMILES string of the molecule is Cc1ncc([N+](=O)[O-])n1CCOC(NC(=O)c1ccco1)C(Cl)(Cl)Cl. The van der Waals surface area contributed by atoms with Crippen molar-refractivity contribution in [2.75, 3.05) is 6.61 Å². The lowest BCUT2D eigenvalue weighted by molar-refractivity contribution is -0.392. The van der Waals surface area contributed by atoms with Gasteiger partial charge < -0.3 is 24.6 Å². The Balaban J connectivity index is 2.00. The number of imidazole rings is 1. The molecule has 0 aliphatic heterocycles. The third-order valence-electron chi connectivity index (χ3n) is 3.12. The molecule has 0 radical (unpaired) electrons. The predicted octanol–water partition coefficient (Wildman–Crippen LogP) is 2.84. The standard InChI is InChI=1S/C13H13Cl3N4O5/c1-8-17-7-10(20(22)23)19(8)4-6-25-12(13(14,15)16)18-11(21)9-3-2-5-24-9/h2-3,5,7,12H,4,6H2,1H3,(H,18,21). The maximum Gasteiger partial charge on any atom is 0.342 e. The fourth-order valence-corrected chi connectivity index (χ4v) is 2.31. The van der Waals surface area contributed by atoms with Gasteiger partial charge in [-0.2, -0.15) is 0 Å². The van der Waals surface area contributed by atoms with Gasteiger partial charge in [0.25, 0.3) is 5.91 Å². The molecule has 1 amide bonds. The monoisotopic (exact) mass is 410 g/mol. The Morgan fingerprint density at radius 3 is 2.84 bits per heavy atom. The summed E-state index contributed by atoms with van der Waals surface area (Å²) in [4.78, 5) is 26.2. The van der Waals surface area contributed by atoms with Gasteiger partial charge in [-0.3, -0.25) is 4.79 Å². The number of aromatic nitrogens is 2. The van der Waals surface area contributed by atoms with Crippen molar-refractivity contribution in [3.05, 3.63) is 46.3 Å². The van der Waals surface area contributed by atoms with Crippen molar-refractivity contribution in [1.29, 1.82) is 0 Å². The third kappa shape index (κ3) is 5.08. The minimum Gasteiger partial charge on any atom is -0.459 e. The number of hydrogen-bond donors (Lipinski definition) is 1. The van der Waals surface area contributed by atoms with E-state index in [4.69, 9.17) is 44.0 Å². The quantitative estimate of drug-likeness (QED) is 0.324. The number of carbonyl (C=O) groups excluding carboxylic acids is 1. The Labute approximate surface area is 156 Å². The maximum absolute atomic E-state index is 12.0. The number of ether oxygens (including phenoxy) is 1. The summed E-state index contributed by atoms with van der Waals surface area (Å²) in [5.74, 6) is -0.374. The number of nitrogens with zero attached hydrogens (tertiary/aromatic N) is 3. The molecule has 0 aliphatic rings. The summed E-state index contributed by atoms with van der Waals surface area (Å²) < 4.78 is 9.72. The molecule has 0 spiro atoms. The molecule has 1 atom stereocenters. The summed E-state index contributed by atoms with van der Waals surface area (Å²) in [5, 5.41) is 13.3. The second-order valence-electron chi connectivity index (χ2n) is 4.82. The van der Waals surface area contributed by atoms with Gasteiger partial charge >= 0.3 is 5.82 Å². The van der Waals surface area contributed by atoms with Crippen molar-refractivity contribution in [2.45, 2.75) is 23.5 Å². The topological polar surface area (TPSA) is 112 Å². The first-order valence-corrected chi connectivity index (χ1v) is 8.02. The molecule has 9 nitrogen and oxygen atoms in total. The number of furan rings is 1. The number of alkyl halides is 3. The van der Waals surface area contributed by atoms with Crippen molar-refractivity contribution in [2.24, 2.45) is 0 Å². The number of rotatable bonds is 7. The Kier molecular flexibility index (Phi) is 6.28. The molecule has 2 aromatic heterocycles. The highest BCUT2D eigenvalue weighted by molar-refractivity contribution is 6.68. The lowest BCUT2D eigenvalue weighted by atomic mass is 10.4. The predicted molar refractivity (Wildman–Crippen MR) is 89.8 cm³/mol. The van der Waals surface area contributed by atoms with Crippen molar-refractivity contribution < 1.29 is 18.9 Å². The molecule has 12 heteroatoms. The Hall–Kier alpha value is -1.81. The summed E-state index contributed by atoms with van der Waals surface area (Å²) in [7, 11) is 0. The Bertz CT molecular complexity index is 741. The first kappa shape index (κ1) is 19.5. The summed E-state index contributed by atoms with van der Waals surface area (Å²) in [5.41, 5.74) is 0. The van der Waals surface area contributed by atoms with E-state index < -0.39 is 20.9 Å². The van der Waals surface area contributed by atoms with Crippen LogP contribution in [0.15, 0.2) is 29.0 Å². The van der Waals surface area contributed by atoms with Crippen LogP contribution in [0.25, 0.3) is 0 Å². The molecule has 1 unspecified atom stereocenters. The van der Waals surface area contributed by atoms with Gasteiger partial charge in [-0.05, 0) is 17.1 Å². The molecule has 2 rings (SSSR count). The van der Waals surface area contributed by atoms with Gasteiger partial charge in [0.05, 0.1) is 12.9 Å². The van der Waals surface area contributed by atoms with E-state index >= 15 is 0 Å². The molecule has 0 aromatic carbocycles. The summed E-state index contributed by atoms with van der Waals surface area (Å²) in [6.45, 7) is 1.61. The number of hydrogen-bond acceptors (Lipinski definition) is 6. The Morgan fingerprint density at radius 1 is 1.56 bits per heavy atom. The van der Waals surface area contributed by atoms with E-state index in [-0.39, 0.29) is 24.7 Å². The first-order valence-electron chi connectivity index (χ1n) is 6.89. The zero-order chi connectivity index (χ0) is 18.6. The summed E-state index contributed by atoms with van der Waals surface area (Å²) >= 11 is 17.4. The van der Waals surface area contributed by atoms with Crippen LogP contribution in [-0.2, 0) is 11.3 Å². The van der Waals surface area contributed by atoms with Gasteiger partial charge in [0, 0.05) is 6.92 Å². The van der Waals surface area contributed by atoms with Crippen LogP contribution in [0.2, 0.25) is 0 Å². The molecule has 0 bridgehead atoms. The van der Waals surface area contributed by atoms with E-state index in [0.29, 0.717) is 5.82 Å². The van der Waals surface area contributed by atoms with Crippen LogP contribution in [0.3, 0.4) is 0 Å². The minimum atomic E-state index is -1.96. The largest absolute Gasteiger partial charge is 0.459 e. The normalized spacial score (nSPS) is 12.8. The van der Waals surface area contributed by atoms with Crippen LogP contribution >= 0.6 is 34.8 Å². The molecule has 136 valence electrons. The van der Waals surface area contributed by atoms with E-state index in [1.165, 1.54) is 23.0 Å². The number of nitro groups is 1. The van der Waals surface area contributed by atoms with Crippen LogP contribution < -0.4 is 5.32 Å². The van der Waals surface area contributed by atoms with Gasteiger partial charge in [0.15, 0.2) is 17.8 Å². The first-order chi connectivity index (χ1) is 11.7. The summed E-state index contributed by atoms with van der Waals surface area (Å²) in [6, 6.07) is 2.96. The molecule has 0 saturated heterocycles. The van der Waals surface area contributed by atoms with Crippen LogP contribution in [0.5, 0.6) is 0 Å². The minimum absolute atomic E-state index is 0.0175. The second-order valence-corrected chi connectivity index (χ2v) is 7.18. The number of amides is 1. The molecule has 2 aromatic rings. The van der Waals surface area contributed by atoms with E-state index in [0.717, 1.165) is 6.20 Å². The molecule has 2 heterocycles. The molecule has 0 aliphatic carbocycles. The molecular formula is C13H13Cl3N4O5. The molecule has 0 fully saturated rings. The van der Waals surface area contributed by atoms with E-state index in [2.05, 4.69) is 10.3 Å². The van der Waals surface area contributed by atoms with Crippen molar-refractivity contribution in [3.8, 4) is 0 Å². The molecule has 25 heavy (non-hydrogen) atoms. The van der Waals surface area contributed by atoms with Crippen molar-refractivity contribution in [3.63, 3.8) is 0 Å². The average molecular weight is 412 g/mol. The van der Waals surface area contributed by atoms with Gasteiger partial charge in [-0.25, -0.2) is 9.55 Å². The molecule has 1 N–H and O–H groups in total. The lowest BCUT2D eigenvalue weighted by Gasteiger charge is -2.25. The van der Waals surface area contributed by atoms with Gasteiger partial charge in [0.1, 0.15) is 12.7 Å². The van der Waals surface area contributed by atoms with Gasteiger partial charge in [-0.1, -0.05) is 34.8 Å². The van der Waals surface area contributed by atoms with E-state index in [9.17, 15) is 14.9 Å². The van der Waals surface area contributed by atoms with E-state index in [1.54, 1.807) is 6.92 Å². The third-order valence-corrected chi connectivity index (χ3v) is 3.72. The van der Waals surface area contributed by atoms with Gasteiger partial charge in [0.2, 0.25) is 3.79 Å². The van der Waals surface area contributed by atoms with Gasteiger partial charge in [-0.15, -0.1) is 0 Å². The second kappa shape index (κ2) is 8.05. The number of nitrogens with one attached hydrogen (secondary N) is 1. The number of aryl methyl sites for hydroxylation is 1. The highest BCUT2D eigenvalue weighted by atomic mass is 35.6. The van der Waals surface area contributed by atoms with Crippen LogP contribution in [0, 0.1) is 17.0 Å². The fraction of sp³-hybridized carbons (Fsp3) is 0.385. The highest BCUT2D eigenvalue weighted by Crippen LogP contribution is 2.31. The average Bonchev–Trinajstić information content (AvgIpc) is 3.15. The van der Waals surface area contributed by atoms with Crippen LogP contribution in [0.1, 0.15) is 16.4 Å². The number of carbonyl (C=O) groups is 1. The number of halogens is 3. The van der Waals surface area contributed by atoms with Crippen molar-refractivity contribution in [1.82, 2.24) is 14.9 Å². The zero-order valence-electron chi connectivity index (χ0n) is 12.8. The van der Waals surface area contributed by atoms with E-state index in [1.807, 2.05) is 0 Å². The fourth-order valence-electron chi connectivity index (χ4n) is 1.96. The summed E-state index contributed by atoms with van der Waals surface area (Å²) in [6.07, 6.45) is 1.17. The van der Waals surface area contributed by atoms with Crippen molar-refractivity contribution >= 4 is 46.5 Å². The smallest absolute Gasteiger partial charge is 0.342 e. The zero-order valence-corrected chi connectivity index (χ0v) is 15.1. The highest BCUT2D eigenvalue weighted by Gasteiger charge is 2.36. The molecular weight excluding hydrogens is 399 g/mol. The van der Waals surface area contributed by atoms with Crippen LogP contribution in [-0.4, -0.2) is 37.0 Å².